The highest BCUT2D eigenvalue weighted by Gasteiger charge is 2.44. The maximum Gasteiger partial charge on any atom is 0.573 e. The molecule has 8 heteroatoms. The normalized spacial score (nSPS) is 21.1. The Balaban J connectivity index is 1.99. The van der Waals surface area contributed by atoms with E-state index >= 15 is 0 Å². The quantitative estimate of drug-likeness (QED) is 0.518. The molecule has 1 saturated heterocycles. The van der Waals surface area contributed by atoms with Crippen LogP contribution in [0.4, 0.5) is 13.2 Å². The van der Waals surface area contributed by atoms with E-state index in [1.165, 1.54) is 12.1 Å². The van der Waals surface area contributed by atoms with Crippen LogP contribution in [0.5, 0.6) is 17.2 Å². The third-order valence-electron chi connectivity index (χ3n) is 6.07. The largest absolute Gasteiger partial charge is 0.573 e. The molecule has 174 valence electrons. The number of hydrogen-bond acceptors (Lipinski definition) is 5. The molecule has 3 rings (SSSR count). The van der Waals surface area contributed by atoms with Gasteiger partial charge in [-0.15, -0.1) is 13.2 Å². The van der Waals surface area contributed by atoms with Crippen LogP contribution in [0.15, 0.2) is 42.5 Å². The second kappa shape index (κ2) is 9.40. The van der Waals surface area contributed by atoms with Gasteiger partial charge in [-0.05, 0) is 48.1 Å². The summed E-state index contributed by atoms with van der Waals surface area (Å²) >= 11 is 0. The molecule has 0 aromatic heterocycles. The minimum atomic E-state index is -4.74. The van der Waals surface area contributed by atoms with Crippen molar-refractivity contribution in [2.75, 3.05) is 14.2 Å². The van der Waals surface area contributed by atoms with Crippen LogP contribution in [0, 0.1) is 5.41 Å². The zero-order valence-corrected chi connectivity index (χ0v) is 18.6. The average molecular weight is 451 g/mol. The molecule has 1 aliphatic heterocycles. The summed E-state index contributed by atoms with van der Waals surface area (Å²) in [6.07, 6.45) is -2.21. The Morgan fingerprint density at radius 3 is 2.16 bits per heavy atom. The predicted octanol–water partition coefficient (Wildman–Crippen LogP) is 5.53. The number of aldehydes is 1. The smallest absolute Gasteiger partial charge is 0.496 e. The number of carbonyl (C=O) groups is 1. The van der Waals surface area contributed by atoms with Gasteiger partial charge in [0.2, 0.25) is 0 Å². The van der Waals surface area contributed by atoms with Crippen molar-refractivity contribution >= 4 is 6.29 Å². The first-order valence-electron chi connectivity index (χ1n) is 10.4. The summed E-state index contributed by atoms with van der Waals surface area (Å²) in [6.45, 7) is 4.47. The number of methoxy groups -OCH3 is 2. The summed E-state index contributed by atoms with van der Waals surface area (Å²) < 4.78 is 52.6. The van der Waals surface area contributed by atoms with Gasteiger partial charge < -0.3 is 19.0 Å². The van der Waals surface area contributed by atoms with Crippen molar-refractivity contribution in [1.82, 2.24) is 4.90 Å². The lowest BCUT2D eigenvalue weighted by Gasteiger charge is -2.49. The molecule has 1 fully saturated rings. The van der Waals surface area contributed by atoms with E-state index in [-0.39, 0.29) is 17.2 Å². The zero-order chi connectivity index (χ0) is 23.5. The van der Waals surface area contributed by atoms with Crippen molar-refractivity contribution in [1.29, 1.82) is 0 Å². The van der Waals surface area contributed by atoms with Gasteiger partial charge in [-0.3, -0.25) is 4.90 Å². The van der Waals surface area contributed by atoms with Crippen LogP contribution >= 0.6 is 0 Å². The summed E-state index contributed by atoms with van der Waals surface area (Å²) in [4.78, 5) is 14.3. The summed E-state index contributed by atoms with van der Waals surface area (Å²) in [7, 11) is 3.18. The van der Waals surface area contributed by atoms with Crippen molar-refractivity contribution in [3.8, 4) is 17.2 Å². The summed E-state index contributed by atoms with van der Waals surface area (Å²) in [6, 6.07) is 10.7. The fraction of sp³-hybridized carbons (Fsp3) is 0.458. The van der Waals surface area contributed by atoms with Crippen molar-refractivity contribution in [2.24, 2.45) is 5.41 Å². The highest BCUT2D eigenvalue weighted by atomic mass is 19.4. The first-order chi connectivity index (χ1) is 15.1. The van der Waals surface area contributed by atoms with Crippen molar-refractivity contribution in [3.05, 3.63) is 53.6 Å². The lowest BCUT2D eigenvalue weighted by atomic mass is 9.73. The number of nitrogens with zero attached hydrogens (tertiary/aromatic N) is 1. The number of alkyl halides is 3. The number of ether oxygens (including phenoxy) is 3. The summed E-state index contributed by atoms with van der Waals surface area (Å²) in [5, 5.41) is 0. The van der Waals surface area contributed by atoms with E-state index < -0.39 is 12.4 Å². The van der Waals surface area contributed by atoms with Gasteiger partial charge in [-0.25, -0.2) is 0 Å². The topological polar surface area (TPSA) is 48.0 Å². The first kappa shape index (κ1) is 23.9. The number of likely N-dealkylation sites (tertiary alicyclic amines) is 1. The molecule has 2 unspecified atom stereocenters. The van der Waals surface area contributed by atoms with E-state index in [1.807, 2.05) is 18.2 Å². The Kier molecular flexibility index (Phi) is 7.03. The zero-order valence-electron chi connectivity index (χ0n) is 18.6. The molecule has 5 nitrogen and oxygen atoms in total. The van der Waals surface area contributed by atoms with Crippen molar-refractivity contribution < 1.29 is 32.2 Å². The van der Waals surface area contributed by atoms with Gasteiger partial charge in [0.1, 0.15) is 23.5 Å². The Labute approximate surface area is 186 Å². The summed E-state index contributed by atoms with van der Waals surface area (Å²) in [5.41, 5.74) is 1.35. The maximum atomic E-state index is 12.5. The molecule has 2 aromatic carbocycles. The Hall–Kier alpha value is -2.74. The molecule has 1 aliphatic rings. The van der Waals surface area contributed by atoms with E-state index in [4.69, 9.17) is 9.47 Å². The molecule has 0 saturated carbocycles. The van der Waals surface area contributed by atoms with E-state index in [2.05, 4.69) is 23.5 Å². The minimum Gasteiger partial charge on any atom is -0.496 e. The van der Waals surface area contributed by atoms with Gasteiger partial charge in [-0.2, -0.15) is 0 Å². The van der Waals surface area contributed by atoms with Crippen molar-refractivity contribution in [3.63, 3.8) is 0 Å². The Bertz CT molecular complexity index is 906. The number of piperidine rings is 1. The number of halogens is 3. The lowest BCUT2D eigenvalue weighted by Crippen LogP contribution is -2.51. The highest BCUT2D eigenvalue weighted by Crippen LogP contribution is 2.48. The van der Waals surface area contributed by atoms with Gasteiger partial charge >= 0.3 is 6.36 Å². The molecule has 0 spiro atoms. The van der Waals surface area contributed by atoms with Crippen LogP contribution in [0.25, 0.3) is 0 Å². The van der Waals surface area contributed by atoms with Crippen LogP contribution in [0.3, 0.4) is 0 Å². The van der Waals surface area contributed by atoms with Crippen LogP contribution in [0.1, 0.15) is 43.9 Å². The second-order valence-electron chi connectivity index (χ2n) is 8.56. The van der Waals surface area contributed by atoms with Gasteiger partial charge in [0.05, 0.1) is 25.8 Å². The second-order valence-corrected chi connectivity index (χ2v) is 8.56. The van der Waals surface area contributed by atoms with E-state index in [1.54, 1.807) is 26.4 Å². The van der Waals surface area contributed by atoms with E-state index in [0.717, 1.165) is 30.3 Å². The molecule has 0 N–H and O–H groups in total. The monoisotopic (exact) mass is 451 g/mol. The van der Waals surface area contributed by atoms with Gasteiger partial charge in [-0.1, -0.05) is 32.0 Å². The molecular formula is C24H28F3NO4. The molecule has 0 radical (unpaired) electrons. The number of benzene rings is 2. The average Bonchev–Trinajstić information content (AvgIpc) is 2.73. The molecular weight excluding hydrogens is 423 g/mol. The van der Waals surface area contributed by atoms with Crippen LogP contribution in [0.2, 0.25) is 0 Å². The SMILES string of the molecule is COc1cccc(OC)c1C1CCC(C)(C)C(C=O)N1Cc1ccc(OC(F)(F)F)cc1. The standard InChI is InChI=1S/C24H28F3NO4/c1-23(2)13-12-18(22-19(30-3)6-5-7-20(22)31-4)28(21(23)15-29)14-16-8-10-17(11-9-16)32-24(25,26)27/h5-11,15,18,21H,12-14H2,1-4H3. The molecule has 0 aliphatic carbocycles. The van der Waals surface area contributed by atoms with Crippen molar-refractivity contribution in [2.45, 2.75) is 51.7 Å². The Morgan fingerprint density at radius 2 is 1.66 bits per heavy atom. The van der Waals surface area contributed by atoms with Crippen LogP contribution in [-0.2, 0) is 11.3 Å². The van der Waals surface area contributed by atoms with Crippen LogP contribution < -0.4 is 14.2 Å². The minimum absolute atomic E-state index is 0.171. The van der Waals surface area contributed by atoms with E-state index in [9.17, 15) is 18.0 Å². The molecule has 2 aromatic rings. The number of hydrogen-bond donors (Lipinski definition) is 0. The van der Waals surface area contributed by atoms with Gasteiger partial charge in [0.15, 0.2) is 0 Å². The van der Waals surface area contributed by atoms with Crippen LogP contribution in [-0.4, -0.2) is 37.8 Å². The van der Waals surface area contributed by atoms with E-state index in [0.29, 0.717) is 18.0 Å². The third-order valence-corrected chi connectivity index (χ3v) is 6.07. The molecule has 32 heavy (non-hydrogen) atoms. The maximum absolute atomic E-state index is 12.5. The fourth-order valence-corrected chi connectivity index (χ4v) is 4.46. The molecule has 1 heterocycles. The fourth-order valence-electron chi connectivity index (χ4n) is 4.46. The number of carbonyl (C=O) groups excluding carboxylic acids is 1. The van der Waals surface area contributed by atoms with Gasteiger partial charge in [0.25, 0.3) is 0 Å². The molecule has 0 bridgehead atoms. The highest BCUT2D eigenvalue weighted by molar-refractivity contribution is 5.60. The summed E-state index contributed by atoms with van der Waals surface area (Å²) in [5.74, 6) is 1.05. The first-order valence-corrected chi connectivity index (χ1v) is 10.4. The Morgan fingerprint density at radius 1 is 1.06 bits per heavy atom. The predicted molar refractivity (Wildman–Crippen MR) is 114 cm³/mol. The van der Waals surface area contributed by atoms with Gasteiger partial charge in [0, 0.05) is 12.6 Å². The third kappa shape index (κ3) is 5.18. The number of rotatable bonds is 7. The lowest BCUT2D eigenvalue weighted by molar-refractivity contribution is -0.274. The molecule has 2 atom stereocenters. The molecule has 0 amide bonds.